The normalized spacial score (nSPS) is 22.3. The average Bonchev–Trinajstić information content (AvgIpc) is 2.76. The molecule has 1 aliphatic carbocycles. The van der Waals surface area contributed by atoms with Gasteiger partial charge in [-0.1, -0.05) is 43.2 Å². The standard InChI is InChI=1S/C15H24N2/c1-14(10-6-7-11-14)17-12-15(2,16)13-8-4-3-5-9-13/h3-5,8-9,17H,6-7,10-12,16H2,1-2H3. The van der Waals surface area contributed by atoms with E-state index in [4.69, 9.17) is 5.73 Å². The first kappa shape index (κ1) is 12.6. The van der Waals surface area contributed by atoms with Crippen molar-refractivity contribution in [2.75, 3.05) is 6.54 Å². The van der Waals surface area contributed by atoms with E-state index in [1.165, 1.54) is 31.2 Å². The molecule has 0 heterocycles. The topological polar surface area (TPSA) is 38.0 Å². The summed E-state index contributed by atoms with van der Waals surface area (Å²) in [5.74, 6) is 0. The Bertz CT molecular complexity index is 350. The van der Waals surface area contributed by atoms with Crippen molar-refractivity contribution in [1.82, 2.24) is 5.32 Å². The van der Waals surface area contributed by atoms with Crippen LogP contribution in [0.1, 0.15) is 45.1 Å². The monoisotopic (exact) mass is 232 g/mol. The molecule has 2 nitrogen and oxygen atoms in total. The third-order valence-corrected chi connectivity index (χ3v) is 4.02. The number of hydrogen-bond donors (Lipinski definition) is 2. The van der Waals surface area contributed by atoms with E-state index in [1.807, 2.05) is 6.07 Å². The van der Waals surface area contributed by atoms with Gasteiger partial charge in [-0.05, 0) is 32.3 Å². The number of rotatable bonds is 4. The highest BCUT2D eigenvalue weighted by atomic mass is 15.0. The van der Waals surface area contributed by atoms with Crippen molar-refractivity contribution in [1.29, 1.82) is 0 Å². The van der Waals surface area contributed by atoms with Crippen molar-refractivity contribution in [2.45, 2.75) is 50.6 Å². The molecule has 0 saturated heterocycles. The maximum absolute atomic E-state index is 6.41. The molecule has 1 fully saturated rings. The molecule has 1 unspecified atom stereocenters. The van der Waals surface area contributed by atoms with Crippen molar-refractivity contribution in [3.8, 4) is 0 Å². The van der Waals surface area contributed by atoms with Crippen LogP contribution in [0.5, 0.6) is 0 Å². The number of benzene rings is 1. The van der Waals surface area contributed by atoms with Gasteiger partial charge < -0.3 is 11.1 Å². The van der Waals surface area contributed by atoms with E-state index < -0.39 is 0 Å². The minimum absolute atomic E-state index is 0.285. The summed E-state index contributed by atoms with van der Waals surface area (Å²) in [6.45, 7) is 5.27. The van der Waals surface area contributed by atoms with E-state index in [0.717, 1.165) is 6.54 Å². The Morgan fingerprint density at radius 3 is 2.41 bits per heavy atom. The fourth-order valence-electron chi connectivity index (χ4n) is 2.65. The molecule has 1 atom stereocenters. The second-order valence-corrected chi connectivity index (χ2v) is 5.90. The molecular weight excluding hydrogens is 208 g/mol. The van der Waals surface area contributed by atoms with Crippen molar-refractivity contribution < 1.29 is 0 Å². The molecule has 0 aliphatic heterocycles. The van der Waals surface area contributed by atoms with Crippen LogP contribution in [0.15, 0.2) is 30.3 Å². The third-order valence-electron chi connectivity index (χ3n) is 4.02. The molecule has 1 aromatic rings. The van der Waals surface area contributed by atoms with Crippen LogP contribution >= 0.6 is 0 Å². The first-order valence-corrected chi connectivity index (χ1v) is 6.61. The lowest BCUT2D eigenvalue weighted by Crippen LogP contribution is -2.50. The van der Waals surface area contributed by atoms with Gasteiger partial charge in [-0.2, -0.15) is 0 Å². The maximum atomic E-state index is 6.41. The molecule has 94 valence electrons. The Balaban J connectivity index is 1.98. The first-order valence-electron chi connectivity index (χ1n) is 6.61. The highest BCUT2D eigenvalue weighted by Crippen LogP contribution is 2.29. The summed E-state index contributed by atoms with van der Waals surface area (Å²) in [4.78, 5) is 0. The molecule has 0 radical (unpaired) electrons. The molecule has 0 amide bonds. The molecular formula is C15H24N2. The summed E-state index contributed by atoms with van der Waals surface area (Å²) in [7, 11) is 0. The smallest absolute Gasteiger partial charge is 0.0507 e. The molecule has 0 aromatic heterocycles. The lowest BCUT2D eigenvalue weighted by Gasteiger charge is -2.33. The molecule has 2 rings (SSSR count). The SMILES string of the molecule is CC1(NCC(C)(N)c2ccccc2)CCCC1. The van der Waals surface area contributed by atoms with Crippen LogP contribution in [0.3, 0.4) is 0 Å². The second-order valence-electron chi connectivity index (χ2n) is 5.90. The van der Waals surface area contributed by atoms with Crippen LogP contribution in [0.2, 0.25) is 0 Å². The van der Waals surface area contributed by atoms with Gasteiger partial charge >= 0.3 is 0 Å². The average molecular weight is 232 g/mol. The molecule has 0 spiro atoms. The molecule has 3 N–H and O–H groups in total. The highest BCUT2D eigenvalue weighted by Gasteiger charge is 2.31. The van der Waals surface area contributed by atoms with Crippen molar-refractivity contribution in [3.63, 3.8) is 0 Å². The van der Waals surface area contributed by atoms with Gasteiger partial charge in [-0.3, -0.25) is 0 Å². The molecule has 0 bridgehead atoms. The predicted molar refractivity (Wildman–Crippen MR) is 72.9 cm³/mol. The van der Waals surface area contributed by atoms with Crippen molar-refractivity contribution in [2.24, 2.45) is 5.73 Å². The van der Waals surface area contributed by atoms with Crippen LogP contribution in [-0.2, 0) is 5.54 Å². The molecule has 1 aromatic carbocycles. The van der Waals surface area contributed by atoms with Crippen LogP contribution in [0, 0.1) is 0 Å². The Hall–Kier alpha value is -0.860. The van der Waals surface area contributed by atoms with Gasteiger partial charge in [0.2, 0.25) is 0 Å². The summed E-state index contributed by atoms with van der Waals surface area (Å²) in [5, 5.41) is 3.67. The van der Waals surface area contributed by atoms with Gasteiger partial charge in [0.15, 0.2) is 0 Å². The van der Waals surface area contributed by atoms with Gasteiger partial charge in [-0.15, -0.1) is 0 Å². The zero-order valence-electron chi connectivity index (χ0n) is 11.0. The highest BCUT2D eigenvalue weighted by molar-refractivity contribution is 5.23. The second kappa shape index (κ2) is 4.79. The quantitative estimate of drug-likeness (QED) is 0.837. The fourth-order valence-corrected chi connectivity index (χ4v) is 2.65. The zero-order valence-corrected chi connectivity index (χ0v) is 11.0. The van der Waals surface area contributed by atoms with Gasteiger partial charge in [0.05, 0.1) is 5.54 Å². The Kier molecular flexibility index (Phi) is 3.55. The van der Waals surface area contributed by atoms with Gasteiger partial charge in [0.25, 0.3) is 0 Å². The van der Waals surface area contributed by atoms with E-state index in [9.17, 15) is 0 Å². The van der Waals surface area contributed by atoms with E-state index >= 15 is 0 Å². The molecule has 17 heavy (non-hydrogen) atoms. The maximum Gasteiger partial charge on any atom is 0.0507 e. The summed E-state index contributed by atoms with van der Waals surface area (Å²) >= 11 is 0. The summed E-state index contributed by atoms with van der Waals surface area (Å²) in [5.41, 5.74) is 7.63. The predicted octanol–water partition coefficient (Wildman–Crippen LogP) is 2.78. The molecule has 1 aliphatic rings. The van der Waals surface area contributed by atoms with Gasteiger partial charge in [-0.25, -0.2) is 0 Å². The van der Waals surface area contributed by atoms with E-state index in [-0.39, 0.29) is 5.54 Å². The Morgan fingerprint density at radius 2 is 1.82 bits per heavy atom. The zero-order chi connectivity index (χ0) is 12.4. The van der Waals surface area contributed by atoms with Crippen LogP contribution in [-0.4, -0.2) is 12.1 Å². The number of hydrogen-bond acceptors (Lipinski definition) is 2. The summed E-state index contributed by atoms with van der Waals surface area (Å²) in [6.07, 6.45) is 5.24. The van der Waals surface area contributed by atoms with Gasteiger partial charge in [0.1, 0.15) is 0 Å². The third kappa shape index (κ3) is 3.08. The Labute approximate surface area is 105 Å². The van der Waals surface area contributed by atoms with Crippen molar-refractivity contribution in [3.05, 3.63) is 35.9 Å². The van der Waals surface area contributed by atoms with E-state index in [0.29, 0.717) is 5.54 Å². The minimum atomic E-state index is -0.285. The Morgan fingerprint density at radius 1 is 1.24 bits per heavy atom. The summed E-state index contributed by atoms with van der Waals surface area (Å²) in [6, 6.07) is 10.4. The lowest BCUT2D eigenvalue weighted by atomic mass is 9.91. The first-order chi connectivity index (χ1) is 8.02. The number of nitrogens with one attached hydrogen (secondary N) is 1. The van der Waals surface area contributed by atoms with Crippen molar-refractivity contribution >= 4 is 0 Å². The van der Waals surface area contributed by atoms with E-state index in [1.54, 1.807) is 0 Å². The van der Waals surface area contributed by atoms with E-state index in [2.05, 4.69) is 43.4 Å². The lowest BCUT2D eigenvalue weighted by molar-refractivity contribution is 0.316. The molecule has 1 saturated carbocycles. The largest absolute Gasteiger partial charge is 0.321 e. The van der Waals surface area contributed by atoms with Crippen LogP contribution in [0.25, 0.3) is 0 Å². The van der Waals surface area contributed by atoms with Crippen LogP contribution in [0.4, 0.5) is 0 Å². The van der Waals surface area contributed by atoms with Gasteiger partial charge in [0, 0.05) is 12.1 Å². The summed E-state index contributed by atoms with van der Waals surface area (Å²) < 4.78 is 0. The number of nitrogens with two attached hydrogens (primary N) is 1. The fraction of sp³-hybridized carbons (Fsp3) is 0.600. The molecule has 2 heteroatoms. The van der Waals surface area contributed by atoms with Crippen LogP contribution < -0.4 is 11.1 Å². The minimum Gasteiger partial charge on any atom is -0.321 e.